The highest BCUT2D eigenvalue weighted by Gasteiger charge is 2.19. The summed E-state index contributed by atoms with van der Waals surface area (Å²) in [5.74, 6) is 0. The molecule has 0 radical (unpaired) electrons. The molecular formula is C17H22N2OS. The van der Waals surface area contributed by atoms with Crippen LogP contribution in [0, 0.1) is 6.92 Å². The van der Waals surface area contributed by atoms with E-state index in [-0.39, 0.29) is 0 Å². The Labute approximate surface area is 130 Å². The Morgan fingerprint density at radius 1 is 1.33 bits per heavy atom. The molecule has 1 aliphatic rings. The molecule has 0 spiro atoms. The monoisotopic (exact) mass is 302 g/mol. The number of ether oxygens (including phenoxy) is 1. The van der Waals surface area contributed by atoms with Crippen molar-refractivity contribution in [1.29, 1.82) is 0 Å². The molecule has 1 saturated heterocycles. The van der Waals surface area contributed by atoms with E-state index in [0.29, 0.717) is 6.10 Å². The summed E-state index contributed by atoms with van der Waals surface area (Å²) in [4.78, 5) is 9.39. The first-order chi connectivity index (χ1) is 10.2. The highest BCUT2D eigenvalue weighted by atomic mass is 32.1. The zero-order chi connectivity index (χ0) is 14.7. The molecule has 0 amide bonds. The van der Waals surface area contributed by atoms with Gasteiger partial charge in [-0.3, -0.25) is 9.88 Å². The van der Waals surface area contributed by atoms with Crippen LogP contribution >= 0.6 is 11.3 Å². The second-order valence-corrected chi connectivity index (χ2v) is 6.98. The molecule has 2 aromatic rings. The summed E-state index contributed by atoms with van der Waals surface area (Å²) in [5.41, 5.74) is 2.40. The van der Waals surface area contributed by atoms with Crippen LogP contribution in [0.5, 0.6) is 0 Å². The highest BCUT2D eigenvalue weighted by molar-refractivity contribution is 7.12. The van der Waals surface area contributed by atoms with Crippen LogP contribution in [-0.4, -0.2) is 23.5 Å². The topological polar surface area (TPSA) is 25.4 Å². The normalized spacial score (nSPS) is 18.5. The number of aromatic nitrogens is 1. The summed E-state index contributed by atoms with van der Waals surface area (Å²) in [5, 5.41) is 0. The Hall–Kier alpha value is -1.23. The molecular weight excluding hydrogens is 280 g/mol. The van der Waals surface area contributed by atoms with Crippen LogP contribution in [-0.2, 0) is 17.8 Å². The fourth-order valence-corrected chi connectivity index (χ4v) is 3.97. The van der Waals surface area contributed by atoms with Gasteiger partial charge in [0.15, 0.2) is 0 Å². The van der Waals surface area contributed by atoms with Crippen LogP contribution in [0.25, 0.3) is 0 Å². The van der Waals surface area contributed by atoms with Gasteiger partial charge in [0, 0.05) is 41.3 Å². The van der Waals surface area contributed by atoms with Gasteiger partial charge in [-0.15, -0.1) is 11.3 Å². The van der Waals surface area contributed by atoms with E-state index in [1.807, 2.05) is 24.5 Å². The molecule has 3 heterocycles. The lowest BCUT2D eigenvalue weighted by Gasteiger charge is -2.16. The van der Waals surface area contributed by atoms with Gasteiger partial charge in [0.25, 0.3) is 0 Å². The number of rotatable bonds is 5. The highest BCUT2D eigenvalue weighted by Crippen LogP contribution is 2.33. The van der Waals surface area contributed by atoms with Gasteiger partial charge in [0.1, 0.15) is 0 Å². The number of thiophene rings is 1. The summed E-state index contributed by atoms with van der Waals surface area (Å²) in [6, 6.07) is 8.73. The summed E-state index contributed by atoms with van der Waals surface area (Å²) in [7, 11) is 2.17. The second kappa shape index (κ2) is 6.69. The Morgan fingerprint density at radius 2 is 2.24 bits per heavy atom. The minimum absolute atomic E-state index is 0.344. The molecule has 3 rings (SSSR count). The van der Waals surface area contributed by atoms with Crippen molar-refractivity contribution in [3.63, 3.8) is 0 Å². The van der Waals surface area contributed by atoms with Crippen molar-refractivity contribution in [3.8, 4) is 0 Å². The maximum Gasteiger partial charge on any atom is 0.0917 e. The summed E-state index contributed by atoms with van der Waals surface area (Å²) >= 11 is 1.89. The molecule has 1 atom stereocenters. The molecule has 0 saturated carbocycles. The van der Waals surface area contributed by atoms with E-state index in [2.05, 4.69) is 41.2 Å². The van der Waals surface area contributed by atoms with Crippen molar-refractivity contribution in [2.45, 2.75) is 39.0 Å². The average molecular weight is 302 g/mol. The molecule has 0 unspecified atom stereocenters. The first kappa shape index (κ1) is 14.7. The third kappa shape index (κ3) is 3.90. The maximum absolute atomic E-state index is 5.76. The third-order valence-corrected chi connectivity index (χ3v) is 4.93. The molecule has 1 fully saturated rings. The van der Waals surface area contributed by atoms with E-state index >= 15 is 0 Å². The van der Waals surface area contributed by atoms with E-state index < -0.39 is 0 Å². The summed E-state index contributed by atoms with van der Waals surface area (Å²) in [6.07, 6.45) is 4.60. The van der Waals surface area contributed by atoms with Crippen molar-refractivity contribution in [1.82, 2.24) is 9.88 Å². The molecule has 1 aliphatic heterocycles. The number of nitrogens with zero attached hydrogens (tertiary/aromatic N) is 2. The van der Waals surface area contributed by atoms with Crippen LogP contribution < -0.4 is 0 Å². The molecule has 0 aromatic carbocycles. The number of hydrogen-bond donors (Lipinski definition) is 0. The zero-order valence-electron chi connectivity index (χ0n) is 12.7. The zero-order valence-corrected chi connectivity index (χ0v) is 13.5. The van der Waals surface area contributed by atoms with Crippen LogP contribution in [0.3, 0.4) is 0 Å². The fraction of sp³-hybridized carbons (Fsp3) is 0.471. The molecule has 4 heteroatoms. The van der Waals surface area contributed by atoms with E-state index in [9.17, 15) is 0 Å². The minimum Gasteiger partial charge on any atom is -0.373 e. The van der Waals surface area contributed by atoms with Gasteiger partial charge in [-0.05, 0) is 56.6 Å². The number of hydrogen-bond acceptors (Lipinski definition) is 4. The van der Waals surface area contributed by atoms with E-state index in [4.69, 9.17) is 4.74 Å². The Kier molecular flexibility index (Phi) is 4.68. The fourth-order valence-electron chi connectivity index (χ4n) is 2.79. The molecule has 2 aromatic heterocycles. The van der Waals surface area contributed by atoms with Crippen molar-refractivity contribution in [3.05, 3.63) is 51.5 Å². The van der Waals surface area contributed by atoms with Crippen molar-refractivity contribution >= 4 is 11.3 Å². The average Bonchev–Trinajstić information content (AvgIpc) is 3.08. The van der Waals surface area contributed by atoms with Crippen molar-refractivity contribution in [2.24, 2.45) is 0 Å². The van der Waals surface area contributed by atoms with Crippen molar-refractivity contribution in [2.75, 3.05) is 13.7 Å². The molecule has 112 valence electrons. The van der Waals surface area contributed by atoms with Crippen LogP contribution in [0.1, 0.15) is 40.0 Å². The van der Waals surface area contributed by atoms with E-state index in [0.717, 1.165) is 25.4 Å². The van der Waals surface area contributed by atoms with Crippen LogP contribution in [0.2, 0.25) is 0 Å². The smallest absolute Gasteiger partial charge is 0.0917 e. The standard InChI is InChI=1S/C17H22N2OS/c1-13-10-14(7-8-18-13)11-19(2)12-15-5-6-17(21-15)16-4-3-9-20-16/h5-8,10,16H,3-4,9,11-12H2,1-2H3/t16-/m1/s1. The van der Waals surface area contributed by atoms with Gasteiger partial charge in [-0.1, -0.05) is 0 Å². The maximum atomic E-state index is 5.76. The molecule has 0 N–H and O–H groups in total. The van der Waals surface area contributed by atoms with Crippen molar-refractivity contribution < 1.29 is 4.74 Å². The molecule has 0 aliphatic carbocycles. The SMILES string of the molecule is Cc1cc(CN(C)Cc2ccc([C@H]3CCCO3)s2)ccn1. The van der Waals surface area contributed by atoms with E-state index in [1.54, 1.807) is 0 Å². The van der Waals surface area contributed by atoms with Crippen LogP contribution in [0.15, 0.2) is 30.5 Å². The predicted octanol–water partition coefficient (Wildman–Crippen LogP) is 3.94. The lowest BCUT2D eigenvalue weighted by molar-refractivity contribution is 0.114. The first-order valence-corrected chi connectivity index (χ1v) is 8.32. The lowest BCUT2D eigenvalue weighted by atomic mass is 10.2. The lowest BCUT2D eigenvalue weighted by Crippen LogP contribution is -2.16. The van der Waals surface area contributed by atoms with Gasteiger partial charge < -0.3 is 4.74 Å². The largest absolute Gasteiger partial charge is 0.373 e. The predicted molar refractivity (Wildman–Crippen MR) is 86.4 cm³/mol. The minimum atomic E-state index is 0.344. The van der Waals surface area contributed by atoms with Gasteiger partial charge in [0.2, 0.25) is 0 Å². The van der Waals surface area contributed by atoms with Crippen LogP contribution in [0.4, 0.5) is 0 Å². The van der Waals surface area contributed by atoms with Gasteiger partial charge in [-0.2, -0.15) is 0 Å². The third-order valence-electron chi connectivity index (χ3n) is 3.77. The summed E-state index contributed by atoms with van der Waals surface area (Å²) < 4.78 is 5.76. The quantitative estimate of drug-likeness (QED) is 0.836. The van der Waals surface area contributed by atoms with Gasteiger partial charge >= 0.3 is 0 Å². The first-order valence-electron chi connectivity index (χ1n) is 7.51. The molecule has 21 heavy (non-hydrogen) atoms. The number of pyridine rings is 1. The summed E-state index contributed by atoms with van der Waals surface area (Å²) in [6.45, 7) is 4.89. The second-order valence-electron chi connectivity index (χ2n) is 5.78. The Balaban J connectivity index is 1.58. The number of aryl methyl sites for hydroxylation is 1. The Morgan fingerprint density at radius 3 is 3.00 bits per heavy atom. The molecule has 0 bridgehead atoms. The Bertz CT molecular complexity index is 590. The van der Waals surface area contributed by atoms with E-state index in [1.165, 1.54) is 28.2 Å². The van der Waals surface area contributed by atoms with Gasteiger partial charge in [-0.25, -0.2) is 0 Å². The van der Waals surface area contributed by atoms with Gasteiger partial charge in [0.05, 0.1) is 6.10 Å². The molecule has 3 nitrogen and oxygen atoms in total.